The number of anilines is 1. The minimum atomic E-state index is -3.85. The number of benzene rings is 2. The Hall–Kier alpha value is -5.22. The summed E-state index contributed by atoms with van der Waals surface area (Å²) >= 11 is 6.36. The van der Waals surface area contributed by atoms with E-state index in [1.54, 1.807) is 36.2 Å². The van der Waals surface area contributed by atoms with Gasteiger partial charge in [-0.05, 0) is 66.9 Å². The first-order chi connectivity index (χ1) is 24.9. The van der Waals surface area contributed by atoms with E-state index in [2.05, 4.69) is 49.0 Å². The number of ether oxygens (including phenoxy) is 2. The number of aromatic nitrogens is 5. The fraction of sp³-hybridized carbons (Fsp3) is 0.371. The van der Waals surface area contributed by atoms with Crippen molar-refractivity contribution in [3.05, 3.63) is 84.7 Å². The Balaban J connectivity index is 1.16. The average Bonchev–Trinajstić information content (AvgIpc) is 4.03. The SMILES string of the molecule is C=C[C@@H]1C[C@]1(NC(=O)[C@@H]1C[C@@H](Oc2ncc(OC)c3ccc(Cl)cc23)CN1C(=C)C(C)Nc1nnnn1-c1ccccc1)C(=O)NS(=O)(=O)C1CC1. The molecule has 272 valence electrons. The van der Waals surface area contributed by atoms with Crippen LogP contribution in [0.25, 0.3) is 16.5 Å². The molecule has 3 aliphatic rings. The van der Waals surface area contributed by atoms with Crippen molar-refractivity contribution in [3.63, 3.8) is 0 Å². The highest BCUT2D eigenvalue weighted by Crippen LogP contribution is 2.46. The van der Waals surface area contributed by atoms with Gasteiger partial charge in [-0.1, -0.05) is 47.6 Å². The number of rotatable bonds is 14. The predicted molar refractivity (Wildman–Crippen MR) is 193 cm³/mol. The van der Waals surface area contributed by atoms with Crippen molar-refractivity contribution in [2.24, 2.45) is 5.92 Å². The molecule has 2 amide bonds. The molecule has 1 saturated heterocycles. The summed E-state index contributed by atoms with van der Waals surface area (Å²) in [5, 5.41) is 19.5. The van der Waals surface area contributed by atoms with Crippen LogP contribution in [-0.2, 0) is 19.6 Å². The van der Waals surface area contributed by atoms with Crippen LogP contribution in [0.3, 0.4) is 0 Å². The smallest absolute Gasteiger partial charge is 0.259 e. The Bertz CT molecular complexity index is 2160. The lowest BCUT2D eigenvalue weighted by Crippen LogP contribution is -2.56. The molecule has 7 rings (SSSR count). The van der Waals surface area contributed by atoms with Crippen molar-refractivity contribution >= 4 is 50.2 Å². The van der Waals surface area contributed by atoms with Crippen LogP contribution in [0.5, 0.6) is 11.6 Å². The van der Waals surface area contributed by atoms with Gasteiger partial charge in [0.25, 0.3) is 5.91 Å². The van der Waals surface area contributed by atoms with Crippen LogP contribution in [0.2, 0.25) is 5.02 Å². The lowest BCUT2D eigenvalue weighted by molar-refractivity contribution is -0.131. The number of nitrogens with one attached hydrogen (secondary N) is 3. The maximum Gasteiger partial charge on any atom is 0.259 e. The molecule has 15 nitrogen and oxygen atoms in total. The van der Waals surface area contributed by atoms with Crippen LogP contribution in [0.1, 0.15) is 32.6 Å². The molecule has 0 spiro atoms. The molecule has 4 aromatic rings. The number of para-hydroxylation sites is 1. The summed E-state index contributed by atoms with van der Waals surface area (Å²) in [7, 11) is -2.30. The van der Waals surface area contributed by atoms with Gasteiger partial charge in [-0.25, -0.2) is 13.4 Å². The Morgan fingerprint density at radius 2 is 1.92 bits per heavy atom. The van der Waals surface area contributed by atoms with E-state index < -0.39 is 56.7 Å². The Labute approximate surface area is 305 Å². The molecule has 3 heterocycles. The number of fused-ring (bicyclic) bond motifs is 1. The molecular formula is C35H38ClN9O6S. The third-order valence-electron chi connectivity index (χ3n) is 9.77. The largest absolute Gasteiger partial charge is 0.494 e. The molecule has 2 aliphatic carbocycles. The molecule has 52 heavy (non-hydrogen) atoms. The molecule has 0 radical (unpaired) electrons. The third kappa shape index (κ3) is 6.75. The second-order valence-electron chi connectivity index (χ2n) is 13.3. The van der Waals surface area contributed by atoms with Crippen molar-refractivity contribution < 1.29 is 27.5 Å². The first-order valence-electron chi connectivity index (χ1n) is 16.8. The van der Waals surface area contributed by atoms with Gasteiger partial charge in [-0.15, -0.1) is 6.58 Å². The molecule has 2 saturated carbocycles. The maximum absolute atomic E-state index is 14.3. The van der Waals surface area contributed by atoms with Gasteiger partial charge in [0.15, 0.2) is 0 Å². The van der Waals surface area contributed by atoms with Gasteiger partial charge >= 0.3 is 0 Å². The van der Waals surface area contributed by atoms with Gasteiger partial charge in [0.1, 0.15) is 23.4 Å². The van der Waals surface area contributed by atoms with Crippen LogP contribution >= 0.6 is 11.6 Å². The van der Waals surface area contributed by atoms with Crippen molar-refractivity contribution in [1.82, 2.24) is 40.1 Å². The van der Waals surface area contributed by atoms with E-state index in [1.807, 2.05) is 48.2 Å². The van der Waals surface area contributed by atoms with Crippen molar-refractivity contribution in [1.29, 1.82) is 0 Å². The van der Waals surface area contributed by atoms with Crippen LogP contribution in [0.15, 0.2) is 79.7 Å². The number of amides is 2. The first kappa shape index (κ1) is 35.2. The summed E-state index contributed by atoms with van der Waals surface area (Å²) < 4.78 is 41.1. The molecule has 3 N–H and O–H groups in total. The molecule has 1 unspecified atom stereocenters. The molecule has 1 aliphatic heterocycles. The van der Waals surface area contributed by atoms with Crippen LogP contribution in [0.4, 0.5) is 5.95 Å². The maximum atomic E-state index is 14.3. The van der Waals surface area contributed by atoms with E-state index >= 15 is 0 Å². The van der Waals surface area contributed by atoms with E-state index in [1.165, 1.54) is 0 Å². The molecular weight excluding hydrogens is 710 g/mol. The van der Waals surface area contributed by atoms with E-state index in [-0.39, 0.29) is 19.4 Å². The summed E-state index contributed by atoms with van der Waals surface area (Å²) in [5.41, 5.74) is -0.193. The second kappa shape index (κ2) is 13.7. The number of carbonyl (C=O) groups is 2. The van der Waals surface area contributed by atoms with E-state index in [4.69, 9.17) is 21.1 Å². The van der Waals surface area contributed by atoms with Crippen LogP contribution in [0, 0.1) is 5.92 Å². The number of tetrazole rings is 1. The zero-order valence-electron chi connectivity index (χ0n) is 28.5. The Kier molecular flexibility index (Phi) is 9.29. The molecule has 5 atom stereocenters. The number of likely N-dealkylation sites (tertiary alicyclic amines) is 1. The first-order valence-corrected chi connectivity index (χ1v) is 18.7. The number of sulfonamides is 1. The zero-order chi connectivity index (χ0) is 36.8. The minimum absolute atomic E-state index is 0.186. The van der Waals surface area contributed by atoms with Crippen molar-refractivity contribution in [2.75, 3.05) is 19.0 Å². The Morgan fingerprint density at radius 1 is 1.15 bits per heavy atom. The number of nitrogens with zero attached hydrogens (tertiary/aromatic N) is 6. The molecule has 2 aromatic carbocycles. The molecule has 3 fully saturated rings. The highest BCUT2D eigenvalue weighted by atomic mass is 35.5. The summed E-state index contributed by atoms with van der Waals surface area (Å²) in [4.78, 5) is 34.1. The molecule has 17 heteroatoms. The standard InChI is InChI=1S/C35H38ClN9O6S/c1-5-22-17-35(22,33(47)41-52(48,49)26-12-13-26)39-31(46)29-16-25(51-32-28-15-23(36)11-14-27(28)30(50-4)18-37-32)19-44(29)21(3)20(2)38-34-40-42-43-45(34)24-9-7-6-8-10-24/h5-11,14-15,18,20,22,25-26,29H,1,3,12-13,16-17,19H2,2,4H3,(H,39,46)(H,41,47)(H,38,40,43)/t20?,22-,25-,29+,35-/m1/s1. The number of carbonyl (C=O) groups excluding carboxylic acids is 2. The fourth-order valence-electron chi connectivity index (χ4n) is 6.59. The third-order valence-corrected chi connectivity index (χ3v) is 11.8. The summed E-state index contributed by atoms with van der Waals surface area (Å²) in [6, 6.07) is 13.3. The number of halogens is 1. The lowest BCUT2D eigenvalue weighted by Gasteiger charge is -2.32. The van der Waals surface area contributed by atoms with Crippen molar-refractivity contribution in [2.45, 2.75) is 61.6 Å². The number of pyridine rings is 1. The predicted octanol–water partition coefficient (Wildman–Crippen LogP) is 3.38. The van der Waals surface area contributed by atoms with Crippen LogP contribution in [-0.4, -0.2) is 93.0 Å². The average molecular weight is 748 g/mol. The van der Waals surface area contributed by atoms with Gasteiger partial charge in [0.2, 0.25) is 27.8 Å². The fourth-order valence-corrected chi connectivity index (χ4v) is 8.13. The van der Waals surface area contributed by atoms with Gasteiger partial charge in [0.05, 0.1) is 36.8 Å². The number of hydrogen-bond acceptors (Lipinski definition) is 12. The number of methoxy groups -OCH3 is 1. The summed E-state index contributed by atoms with van der Waals surface area (Å²) in [5.74, 6) is -0.511. The molecule has 0 bridgehead atoms. The quantitative estimate of drug-likeness (QED) is 0.160. The summed E-state index contributed by atoms with van der Waals surface area (Å²) in [6.45, 7) is 10.2. The normalized spacial score (nSPS) is 23.1. The van der Waals surface area contributed by atoms with Crippen molar-refractivity contribution in [3.8, 4) is 17.3 Å². The van der Waals surface area contributed by atoms with Gasteiger partial charge < -0.3 is 25.0 Å². The Morgan fingerprint density at radius 3 is 2.62 bits per heavy atom. The highest BCUT2D eigenvalue weighted by molar-refractivity contribution is 7.91. The van der Waals surface area contributed by atoms with E-state index in [0.717, 1.165) is 11.1 Å². The second-order valence-corrected chi connectivity index (χ2v) is 15.7. The van der Waals surface area contributed by atoms with Gasteiger partial charge in [0, 0.05) is 33.8 Å². The molecule has 2 aromatic heterocycles. The highest BCUT2D eigenvalue weighted by Gasteiger charge is 2.61. The van der Waals surface area contributed by atoms with Gasteiger partial charge in [-0.3, -0.25) is 14.3 Å². The summed E-state index contributed by atoms with van der Waals surface area (Å²) in [6.07, 6.45) is 3.92. The van der Waals surface area contributed by atoms with Crippen LogP contribution < -0.4 is 24.8 Å². The number of hydrogen-bond donors (Lipinski definition) is 3. The van der Waals surface area contributed by atoms with Gasteiger partial charge in [-0.2, -0.15) is 4.68 Å². The van der Waals surface area contributed by atoms with E-state index in [0.29, 0.717) is 46.5 Å². The minimum Gasteiger partial charge on any atom is -0.494 e. The topological polar surface area (TPSA) is 183 Å². The lowest BCUT2D eigenvalue weighted by atomic mass is 10.1. The monoisotopic (exact) mass is 747 g/mol. The van der Waals surface area contributed by atoms with E-state index in [9.17, 15) is 18.0 Å². The zero-order valence-corrected chi connectivity index (χ0v) is 30.1.